The Balaban J connectivity index is 1.92. The number of thioether (sulfide) groups is 1. The first kappa shape index (κ1) is 18.1. The Hall–Kier alpha value is -2.22. The predicted octanol–water partition coefficient (Wildman–Crippen LogP) is 4.60. The van der Waals surface area contributed by atoms with Crippen LogP contribution in [0.1, 0.15) is 5.56 Å². The minimum Gasteiger partial charge on any atom is -0.490 e. The second-order valence-electron chi connectivity index (χ2n) is 4.59. The van der Waals surface area contributed by atoms with Gasteiger partial charge >= 0.3 is 6.18 Å². The molecule has 2 aromatic carbocycles. The van der Waals surface area contributed by atoms with E-state index in [1.807, 2.05) is 0 Å². The van der Waals surface area contributed by atoms with Gasteiger partial charge in [-0.3, -0.25) is 0 Å². The molecule has 3 nitrogen and oxygen atoms in total. The summed E-state index contributed by atoms with van der Waals surface area (Å²) in [5, 5.41) is -0.0242. The van der Waals surface area contributed by atoms with Crippen LogP contribution in [0.15, 0.2) is 53.5 Å². The van der Waals surface area contributed by atoms with Crippen molar-refractivity contribution in [3.8, 4) is 5.75 Å². The third kappa shape index (κ3) is 5.16. The highest BCUT2D eigenvalue weighted by Gasteiger charge is 2.33. The average molecular weight is 358 g/mol. The minimum absolute atomic E-state index is 0.0242. The number of nitrogens with zero attached hydrogens (tertiary/aromatic N) is 1. The van der Waals surface area contributed by atoms with Crippen molar-refractivity contribution in [3.05, 3.63) is 59.9 Å². The van der Waals surface area contributed by atoms with Gasteiger partial charge in [-0.2, -0.15) is 13.2 Å². The molecule has 0 aromatic heterocycles. The first-order valence-electron chi connectivity index (χ1n) is 6.88. The molecule has 0 spiro atoms. The fraction of sp³-hybridized carbons (Fsp3) is 0.188. The maximum absolute atomic E-state index is 13.3. The van der Waals surface area contributed by atoms with Crippen LogP contribution < -0.4 is 10.5 Å². The molecule has 0 bridgehead atoms. The van der Waals surface area contributed by atoms with Crippen molar-refractivity contribution in [2.24, 2.45) is 10.7 Å². The molecule has 128 valence electrons. The van der Waals surface area contributed by atoms with E-state index in [2.05, 4.69) is 4.99 Å². The summed E-state index contributed by atoms with van der Waals surface area (Å²) in [4.78, 5) is 3.80. The Morgan fingerprint density at radius 2 is 1.75 bits per heavy atom. The molecule has 0 saturated heterocycles. The molecule has 0 heterocycles. The highest BCUT2D eigenvalue weighted by atomic mass is 32.2. The first-order valence-corrected chi connectivity index (χ1v) is 7.87. The van der Waals surface area contributed by atoms with Crippen molar-refractivity contribution >= 4 is 22.6 Å². The van der Waals surface area contributed by atoms with E-state index in [-0.39, 0.29) is 23.2 Å². The number of amidine groups is 1. The van der Waals surface area contributed by atoms with Crippen LogP contribution in [0.3, 0.4) is 0 Å². The molecule has 24 heavy (non-hydrogen) atoms. The zero-order valence-electron chi connectivity index (χ0n) is 12.4. The zero-order valence-corrected chi connectivity index (χ0v) is 13.2. The van der Waals surface area contributed by atoms with E-state index in [0.717, 1.165) is 17.8 Å². The van der Waals surface area contributed by atoms with E-state index >= 15 is 0 Å². The van der Waals surface area contributed by atoms with E-state index in [0.29, 0.717) is 5.75 Å². The maximum Gasteiger partial charge on any atom is 0.418 e. The Morgan fingerprint density at radius 1 is 1.08 bits per heavy atom. The number of nitrogens with two attached hydrogens (primary N) is 1. The van der Waals surface area contributed by atoms with Crippen molar-refractivity contribution in [1.29, 1.82) is 0 Å². The van der Waals surface area contributed by atoms with Gasteiger partial charge in [0.25, 0.3) is 0 Å². The van der Waals surface area contributed by atoms with E-state index in [4.69, 9.17) is 10.5 Å². The molecule has 0 fully saturated rings. The van der Waals surface area contributed by atoms with Gasteiger partial charge in [-0.25, -0.2) is 9.38 Å². The fourth-order valence-electron chi connectivity index (χ4n) is 1.82. The fourth-order valence-corrected chi connectivity index (χ4v) is 2.36. The van der Waals surface area contributed by atoms with Gasteiger partial charge in [0.1, 0.15) is 0 Å². The summed E-state index contributed by atoms with van der Waals surface area (Å²) < 4.78 is 57.1. The SMILES string of the molecule is NC(=Nc1ccccc1C(F)(F)F)SCCOc1ccccc1F. The summed E-state index contributed by atoms with van der Waals surface area (Å²) in [6, 6.07) is 10.9. The molecular weight excluding hydrogens is 344 g/mol. The topological polar surface area (TPSA) is 47.6 Å². The summed E-state index contributed by atoms with van der Waals surface area (Å²) in [6.07, 6.45) is -4.50. The van der Waals surface area contributed by atoms with Crippen molar-refractivity contribution in [2.75, 3.05) is 12.4 Å². The van der Waals surface area contributed by atoms with E-state index in [1.165, 1.54) is 30.3 Å². The lowest BCUT2D eigenvalue weighted by atomic mass is 10.2. The molecule has 2 N–H and O–H groups in total. The Kier molecular flexibility index (Phi) is 6.08. The standard InChI is InChI=1S/C16H14F4N2OS/c17-12-6-2-4-8-14(12)23-9-10-24-15(21)22-13-7-3-1-5-11(13)16(18,19)20/h1-8H,9-10H2,(H2,21,22). The van der Waals surface area contributed by atoms with Gasteiger partial charge in [0.2, 0.25) is 0 Å². The lowest BCUT2D eigenvalue weighted by Gasteiger charge is -2.10. The molecular formula is C16H14F4N2OS. The zero-order chi connectivity index (χ0) is 17.6. The quantitative estimate of drug-likeness (QED) is 0.368. The number of benzene rings is 2. The molecule has 0 saturated carbocycles. The maximum atomic E-state index is 13.3. The van der Waals surface area contributed by atoms with Crippen LogP contribution in [0.2, 0.25) is 0 Å². The highest BCUT2D eigenvalue weighted by molar-refractivity contribution is 8.13. The molecule has 0 unspecified atom stereocenters. The molecule has 0 aliphatic rings. The van der Waals surface area contributed by atoms with Crippen LogP contribution in [0.4, 0.5) is 23.2 Å². The van der Waals surface area contributed by atoms with Gasteiger partial charge in [-0.1, -0.05) is 36.0 Å². The average Bonchev–Trinajstić information content (AvgIpc) is 2.52. The Bertz CT molecular complexity index is 719. The summed E-state index contributed by atoms with van der Waals surface area (Å²) in [6.45, 7) is 0.142. The number of aliphatic imine (C=N–C) groups is 1. The molecule has 8 heteroatoms. The first-order chi connectivity index (χ1) is 11.4. The van der Waals surface area contributed by atoms with Gasteiger partial charge in [0.15, 0.2) is 16.7 Å². The number of halogens is 4. The predicted molar refractivity (Wildman–Crippen MR) is 87.1 cm³/mol. The molecule has 0 atom stereocenters. The third-order valence-corrected chi connectivity index (χ3v) is 3.63. The largest absolute Gasteiger partial charge is 0.490 e. The molecule has 0 amide bonds. The molecule has 2 rings (SSSR count). The van der Waals surface area contributed by atoms with Crippen molar-refractivity contribution in [2.45, 2.75) is 6.18 Å². The van der Waals surface area contributed by atoms with Crippen molar-refractivity contribution in [1.82, 2.24) is 0 Å². The lowest BCUT2D eigenvalue weighted by Crippen LogP contribution is -2.11. The minimum atomic E-state index is -4.50. The molecule has 0 radical (unpaired) electrons. The van der Waals surface area contributed by atoms with Crippen LogP contribution >= 0.6 is 11.8 Å². The van der Waals surface area contributed by atoms with Gasteiger partial charge < -0.3 is 10.5 Å². The van der Waals surface area contributed by atoms with Crippen LogP contribution in [0, 0.1) is 5.82 Å². The number of para-hydroxylation sites is 2. The summed E-state index contributed by atoms with van der Waals surface area (Å²) in [7, 11) is 0. The molecule has 2 aromatic rings. The number of rotatable bonds is 5. The van der Waals surface area contributed by atoms with E-state index in [1.54, 1.807) is 12.1 Å². The Morgan fingerprint density at radius 3 is 2.46 bits per heavy atom. The number of hydrogen-bond donors (Lipinski definition) is 1. The summed E-state index contributed by atoms with van der Waals surface area (Å²) in [5.74, 6) is -0.0584. The second kappa shape index (κ2) is 8.05. The van der Waals surface area contributed by atoms with Gasteiger partial charge in [0, 0.05) is 5.75 Å². The van der Waals surface area contributed by atoms with Crippen molar-refractivity contribution < 1.29 is 22.3 Å². The van der Waals surface area contributed by atoms with E-state index < -0.39 is 17.6 Å². The highest BCUT2D eigenvalue weighted by Crippen LogP contribution is 2.36. The van der Waals surface area contributed by atoms with E-state index in [9.17, 15) is 17.6 Å². The Labute approximate surface area is 140 Å². The van der Waals surface area contributed by atoms with Crippen molar-refractivity contribution in [3.63, 3.8) is 0 Å². The van der Waals surface area contributed by atoms with Crippen LogP contribution in [0.25, 0.3) is 0 Å². The molecule has 0 aliphatic carbocycles. The van der Waals surface area contributed by atoms with Crippen LogP contribution in [0.5, 0.6) is 5.75 Å². The summed E-state index contributed by atoms with van der Waals surface area (Å²) in [5.41, 5.74) is 4.55. The normalized spacial score (nSPS) is 12.2. The third-order valence-electron chi connectivity index (χ3n) is 2.87. The summed E-state index contributed by atoms with van der Waals surface area (Å²) >= 11 is 1.03. The molecule has 0 aliphatic heterocycles. The second-order valence-corrected chi connectivity index (χ2v) is 5.71. The lowest BCUT2D eigenvalue weighted by molar-refractivity contribution is -0.137. The van der Waals surface area contributed by atoms with Crippen LogP contribution in [-0.4, -0.2) is 17.5 Å². The smallest absolute Gasteiger partial charge is 0.418 e. The van der Waals surface area contributed by atoms with Crippen LogP contribution in [-0.2, 0) is 6.18 Å². The van der Waals surface area contributed by atoms with Gasteiger partial charge in [-0.15, -0.1) is 0 Å². The van der Waals surface area contributed by atoms with Gasteiger partial charge in [-0.05, 0) is 24.3 Å². The number of ether oxygens (including phenoxy) is 1. The monoisotopic (exact) mass is 358 g/mol. The number of alkyl halides is 3. The van der Waals surface area contributed by atoms with Gasteiger partial charge in [0.05, 0.1) is 17.9 Å². The number of hydrogen-bond acceptors (Lipinski definition) is 3.